The van der Waals surface area contributed by atoms with Crippen molar-refractivity contribution in [1.29, 1.82) is 0 Å². The Bertz CT molecular complexity index is 100. The van der Waals surface area contributed by atoms with Crippen LogP contribution >= 0.6 is 0 Å². The van der Waals surface area contributed by atoms with E-state index in [1.54, 1.807) is 0 Å². The van der Waals surface area contributed by atoms with Gasteiger partial charge in [0, 0.05) is 0 Å². The van der Waals surface area contributed by atoms with Gasteiger partial charge in [0.2, 0.25) is 0 Å². The Morgan fingerprint density at radius 2 is 2.00 bits per heavy atom. The summed E-state index contributed by atoms with van der Waals surface area (Å²) < 4.78 is 0. The number of amides is 1. The van der Waals surface area contributed by atoms with Crippen LogP contribution in [0.5, 0.6) is 0 Å². The first-order valence-corrected chi connectivity index (χ1v) is 2.51. The largest absolute Gasteiger partial charge is 0.366 e. The van der Waals surface area contributed by atoms with E-state index in [0.29, 0.717) is 0 Å². The molecule has 4 nitrogen and oxygen atoms in total. The molecular formula is C5H10NO3. The van der Waals surface area contributed by atoms with Gasteiger partial charge in [0.1, 0.15) is 0 Å². The van der Waals surface area contributed by atoms with Gasteiger partial charge in [-0.2, -0.15) is 0 Å². The SMILES string of the molecule is CC(C)(N[C]=O)C(O)O. The lowest BCUT2D eigenvalue weighted by Crippen LogP contribution is -2.48. The monoisotopic (exact) mass is 132 g/mol. The highest BCUT2D eigenvalue weighted by Crippen LogP contribution is 2.03. The van der Waals surface area contributed by atoms with Gasteiger partial charge >= 0.3 is 6.41 Å². The molecule has 0 aliphatic heterocycles. The van der Waals surface area contributed by atoms with Crippen LogP contribution in [0.15, 0.2) is 0 Å². The predicted octanol–water partition coefficient (Wildman–Crippen LogP) is -1.27. The molecule has 0 spiro atoms. The Labute approximate surface area is 53.5 Å². The van der Waals surface area contributed by atoms with Crippen molar-refractivity contribution in [1.82, 2.24) is 5.32 Å². The average Bonchev–Trinajstić information content (AvgIpc) is 1.65. The molecule has 0 aliphatic rings. The van der Waals surface area contributed by atoms with Crippen molar-refractivity contribution in [3.05, 3.63) is 0 Å². The molecule has 0 fully saturated rings. The zero-order chi connectivity index (χ0) is 7.49. The number of aliphatic hydroxyl groups excluding tert-OH is 1. The topological polar surface area (TPSA) is 69.6 Å². The standard InChI is InChI=1S/C5H10NO3/c1-5(2,4(8)9)6-3-7/h4,8-9H,1-2H3,(H,6,7). The van der Waals surface area contributed by atoms with E-state index < -0.39 is 11.8 Å². The lowest BCUT2D eigenvalue weighted by Gasteiger charge is -2.24. The van der Waals surface area contributed by atoms with E-state index in [1.807, 2.05) is 0 Å². The molecule has 0 aromatic rings. The number of aliphatic hydroxyl groups is 2. The molecule has 0 unspecified atom stereocenters. The minimum atomic E-state index is -1.56. The van der Waals surface area contributed by atoms with Crippen molar-refractivity contribution in [3.63, 3.8) is 0 Å². The van der Waals surface area contributed by atoms with Gasteiger partial charge in [-0.1, -0.05) is 0 Å². The molecule has 4 heteroatoms. The normalized spacial score (nSPS) is 11.7. The molecule has 1 amide bonds. The predicted molar refractivity (Wildman–Crippen MR) is 31.1 cm³/mol. The van der Waals surface area contributed by atoms with Gasteiger partial charge in [-0.3, -0.25) is 4.79 Å². The Balaban J connectivity index is 3.84. The second-order valence-corrected chi connectivity index (χ2v) is 2.32. The van der Waals surface area contributed by atoms with E-state index in [0.717, 1.165) is 0 Å². The third-order valence-electron chi connectivity index (χ3n) is 1.02. The third-order valence-corrected chi connectivity index (χ3v) is 1.02. The van der Waals surface area contributed by atoms with Crippen LogP contribution in [0.25, 0.3) is 0 Å². The molecule has 0 aromatic heterocycles. The molecular weight excluding hydrogens is 122 g/mol. The molecule has 53 valence electrons. The van der Waals surface area contributed by atoms with Crippen LogP contribution in [0.2, 0.25) is 0 Å². The maximum atomic E-state index is 9.67. The molecule has 3 N–H and O–H groups in total. The molecule has 0 atom stereocenters. The van der Waals surface area contributed by atoms with Gasteiger partial charge in [-0.15, -0.1) is 0 Å². The Kier molecular flexibility index (Phi) is 2.61. The van der Waals surface area contributed by atoms with Gasteiger partial charge in [-0.05, 0) is 13.8 Å². The Morgan fingerprint density at radius 1 is 1.56 bits per heavy atom. The van der Waals surface area contributed by atoms with Crippen LogP contribution in [0.3, 0.4) is 0 Å². The van der Waals surface area contributed by atoms with Gasteiger partial charge in [-0.25, -0.2) is 0 Å². The van der Waals surface area contributed by atoms with Crippen molar-refractivity contribution in [2.45, 2.75) is 25.7 Å². The quantitative estimate of drug-likeness (QED) is 0.331. The average molecular weight is 132 g/mol. The third kappa shape index (κ3) is 2.43. The first-order chi connectivity index (χ1) is 4.00. The van der Waals surface area contributed by atoms with Crippen LogP contribution in [0.4, 0.5) is 0 Å². The van der Waals surface area contributed by atoms with Crippen molar-refractivity contribution in [2.24, 2.45) is 0 Å². The lowest BCUT2D eigenvalue weighted by molar-refractivity contribution is -0.0913. The molecule has 1 radical (unpaired) electrons. The first kappa shape index (κ1) is 8.39. The Hall–Kier alpha value is -0.610. The van der Waals surface area contributed by atoms with Gasteiger partial charge < -0.3 is 15.5 Å². The minimum absolute atomic E-state index is 1.01. The van der Waals surface area contributed by atoms with Crippen molar-refractivity contribution < 1.29 is 15.0 Å². The van der Waals surface area contributed by atoms with E-state index in [4.69, 9.17) is 10.2 Å². The Morgan fingerprint density at radius 3 is 2.11 bits per heavy atom. The molecule has 9 heavy (non-hydrogen) atoms. The van der Waals surface area contributed by atoms with Crippen molar-refractivity contribution in [3.8, 4) is 0 Å². The van der Waals surface area contributed by atoms with E-state index in [1.165, 1.54) is 20.3 Å². The summed E-state index contributed by atoms with van der Waals surface area (Å²) in [7, 11) is 0. The smallest absolute Gasteiger partial charge is 0.309 e. The highest BCUT2D eigenvalue weighted by Gasteiger charge is 2.24. The lowest BCUT2D eigenvalue weighted by atomic mass is 10.1. The molecule has 0 saturated carbocycles. The van der Waals surface area contributed by atoms with Gasteiger partial charge in [0.05, 0.1) is 5.54 Å². The summed E-state index contributed by atoms with van der Waals surface area (Å²) in [5.74, 6) is 0. The summed E-state index contributed by atoms with van der Waals surface area (Å²) in [6, 6.07) is 0. The van der Waals surface area contributed by atoms with Crippen LogP contribution in [-0.2, 0) is 4.79 Å². The van der Waals surface area contributed by atoms with E-state index in [-0.39, 0.29) is 0 Å². The summed E-state index contributed by atoms with van der Waals surface area (Å²) in [4.78, 5) is 9.67. The molecule has 0 aromatic carbocycles. The number of hydrogen-bond donors (Lipinski definition) is 3. The highest BCUT2D eigenvalue weighted by molar-refractivity contribution is 5.48. The summed E-state index contributed by atoms with van der Waals surface area (Å²) in [6.45, 7) is 2.95. The van der Waals surface area contributed by atoms with E-state index in [9.17, 15) is 4.79 Å². The fourth-order valence-electron chi connectivity index (χ4n) is 0.196. The maximum Gasteiger partial charge on any atom is 0.309 e. The molecule has 0 saturated heterocycles. The van der Waals surface area contributed by atoms with Crippen LogP contribution in [0, 0.1) is 0 Å². The van der Waals surface area contributed by atoms with Crippen LogP contribution in [-0.4, -0.2) is 28.5 Å². The van der Waals surface area contributed by atoms with Crippen molar-refractivity contribution >= 4 is 6.41 Å². The fraction of sp³-hybridized carbons (Fsp3) is 0.800. The second kappa shape index (κ2) is 2.80. The van der Waals surface area contributed by atoms with Crippen LogP contribution < -0.4 is 5.32 Å². The summed E-state index contributed by atoms with van der Waals surface area (Å²) in [5.41, 5.74) is -1.01. The van der Waals surface area contributed by atoms with Crippen molar-refractivity contribution in [2.75, 3.05) is 0 Å². The maximum absolute atomic E-state index is 9.67. The summed E-state index contributed by atoms with van der Waals surface area (Å²) in [5, 5.41) is 19.2. The van der Waals surface area contributed by atoms with E-state index >= 15 is 0 Å². The number of carbonyl (C=O) groups excluding carboxylic acids is 1. The van der Waals surface area contributed by atoms with Gasteiger partial charge in [0.15, 0.2) is 6.29 Å². The fourth-order valence-corrected chi connectivity index (χ4v) is 0.196. The van der Waals surface area contributed by atoms with E-state index in [2.05, 4.69) is 5.32 Å². The zero-order valence-corrected chi connectivity index (χ0v) is 5.38. The summed E-state index contributed by atoms with van der Waals surface area (Å²) >= 11 is 0. The second-order valence-electron chi connectivity index (χ2n) is 2.32. The number of rotatable bonds is 3. The number of nitrogens with one attached hydrogen (secondary N) is 1. The van der Waals surface area contributed by atoms with Crippen LogP contribution in [0.1, 0.15) is 13.8 Å². The molecule has 0 heterocycles. The molecule has 0 bridgehead atoms. The highest BCUT2D eigenvalue weighted by atomic mass is 16.5. The first-order valence-electron chi connectivity index (χ1n) is 2.51. The van der Waals surface area contributed by atoms with Gasteiger partial charge in [0.25, 0.3) is 0 Å². The zero-order valence-electron chi connectivity index (χ0n) is 5.38. The molecule has 0 rings (SSSR count). The summed E-state index contributed by atoms with van der Waals surface area (Å²) in [6.07, 6.45) is -0.187. The number of hydrogen-bond acceptors (Lipinski definition) is 3. The minimum Gasteiger partial charge on any atom is -0.366 e. The molecule has 0 aliphatic carbocycles.